The Kier molecular flexibility index (Phi) is 6.66. The summed E-state index contributed by atoms with van der Waals surface area (Å²) in [6.07, 6.45) is 2.43. The summed E-state index contributed by atoms with van der Waals surface area (Å²) < 4.78 is 50.3. The molecule has 0 N–H and O–H groups in total. The van der Waals surface area contributed by atoms with Gasteiger partial charge < -0.3 is 9.47 Å². The molecule has 1 amide bonds. The van der Waals surface area contributed by atoms with Gasteiger partial charge in [0.2, 0.25) is 20.9 Å². The van der Waals surface area contributed by atoms with Crippen LogP contribution in [-0.2, 0) is 14.6 Å². The smallest absolute Gasteiger partial charge is 0.429 e. The summed E-state index contributed by atoms with van der Waals surface area (Å²) in [7, 11) is -2.63. The summed E-state index contributed by atoms with van der Waals surface area (Å²) >= 11 is 5.88. The zero-order valence-corrected chi connectivity index (χ0v) is 20.0. The molecule has 3 rings (SSSR count). The number of aromatic nitrogens is 3. The minimum atomic E-state index is -3.93. The molecule has 1 aliphatic heterocycles. The highest BCUT2D eigenvalue weighted by Crippen LogP contribution is 2.37. The van der Waals surface area contributed by atoms with E-state index in [0.29, 0.717) is 25.9 Å². The molecule has 0 saturated carbocycles. The molecule has 0 atom stereocenters. The first-order valence-electron chi connectivity index (χ1n) is 9.92. The van der Waals surface area contributed by atoms with E-state index in [0.717, 1.165) is 12.7 Å². The molecule has 0 radical (unpaired) electrons. The van der Waals surface area contributed by atoms with Crippen molar-refractivity contribution >= 4 is 44.3 Å². The van der Waals surface area contributed by atoms with Crippen molar-refractivity contribution in [2.24, 2.45) is 0 Å². The molecule has 3 heterocycles. The molecule has 1 aliphatic rings. The van der Waals surface area contributed by atoms with E-state index in [4.69, 9.17) is 21.1 Å². The number of hydrogen-bond donors (Lipinski definition) is 0. The molecule has 0 aromatic carbocycles. The van der Waals surface area contributed by atoms with Crippen molar-refractivity contribution in [2.45, 2.75) is 50.8 Å². The molecule has 13 heteroatoms. The average Bonchev–Trinajstić information content (AvgIpc) is 2.94. The number of sulfone groups is 1. The standard InChI is InChI=1S/C19H25ClFN5O5S/c1-19(2,3)31-18(27)26-10-8-6-7-9-25(26)15-11-13(22-17(24-15)32(5,28)29)12(21)14(20)23-16(11)30-4/h6-10H2,1-5H3. The van der Waals surface area contributed by atoms with Crippen LogP contribution in [0.4, 0.5) is 15.0 Å². The second-order valence-corrected chi connectivity index (χ2v) is 10.6. The number of anilines is 1. The lowest BCUT2D eigenvalue weighted by Crippen LogP contribution is -2.49. The fraction of sp³-hybridized carbons (Fsp3) is 0.579. The summed E-state index contributed by atoms with van der Waals surface area (Å²) in [6, 6.07) is 0. The third kappa shape index (κ3) is 4.96. The van der Waals surface area contributed by atoms with Gasteiger partial charge in [-0.05, 0) is 40.0 Å². The highest BCUT2D eigenvalue weighted by atomic mass is 35.5. The molecule has 1 saturated heterocycles. The third-order valence-electron chi connectivity index (χ3n) is 4.58. The van der Waals surface area contributed by atoms with E-state index in [2.05, 4.69) is 15.0 Å². The van der Waals surface area contributed by atoms with Crippen LogP contribution >= 0.6 is 11.6 Å². The number of halogens is 2. The molecule has 0 spiro atoms. The van der Waals surface area contributed by atoms with E-state index in [9.17, 15) is 17.6 Å². The molecule has 32 heavy (non-hydrogen) atoms. The molecule has 176 valence electrons. The van der Waals surface area contributed by atoms with E-state index >= 15 is 0 Å². The Labute approximate surface area is 190 Å². The number of amides is 1. The van der Waals surface area contributed by atoms with Gasteiger partial charge in [0.05, 0.1) is 7.11 Å². The van der Waals surface area contributed by atoms with Gasteiger partial charge >= 0.3 is 6.09 Å². The molecule has 0 bridgehead atoms. The summed E-state index contributed by atoms with van der Waals surface area (Å²) in [5, 5.41) is 1.65. The van der Waals surface area contributed by atoms with Gasteiger partial charge in [-0.2, -0.15) is 9.97 Å². The van der Waals surface area contributed by atoms with Crippen LogP contribution in [0.25, 0.3) is 10.9 Å². The Bertz CT molecular complexity index is 1160. The van der Waals surface area contributed by atoms with Gasteiger partial charge in [-0.1, -0.05) is 11.6 Å². The van der Waals surface area contributed by atoms with Crippen molar-refractivity contribution in [3.63, 3.8) is 0 Å². The summed E-state index contributed by atoms with van der Waals surface area (Å²) in [5.74, 6) is -1.16. The van der Waals surface area contributed by atoms with Crippen LogP contribution in [-0.4, -0.2) is 66.5 Å². The summed E-state index contributed by atoms with van der Waals surface area (Å²) in [6.45, 7) is 5.79. The van der Waals surface area contributed by atoms with Gasteiger partial charge in [-0.25, -0.2) is 27.6 Å². The Morgan fingerprint density at radius 3 is 2.38 bits per heavy atom. The highest BCUT2D eigenvalue weighted by Gasteiger charge is 2.33. The molecular weight excluding hydrogens is 465 g/mol. The van der Waals surface area contributed by atoms with E-state index in [1.807, 2.05) is 0 Å². The maximum atomic E-state index is 14.9. The number of carbonyl (C=O) groups excluding carboxylic acids is 1. The largest absolute Gasteiger partial charge is 0.480 e. The van der Waals surface area contributed by atoms with Crippen LogP contribution in [0, 0.1) is 5.82 Å². The fourth-order valence-corrected chi connectivity index (χ4v) is 3.92. The van der Waals surface area contributed by atoms with Gasteiger partial charge in [0.15, 0.2) is 16.8 Å². The molecule has 2 aromatic heterocycles. The lowest BCUT2D eigenvalue weighted by molar-refractivity contribution is 0.0232. The van der Waals surface area contributed by atoms with Crippen LogP contribution in [0.2, 0.25) is 5.15 Å². The Morgan fingerprint density at radius 2 is 1.78 bits per heavy atom. The quantitative estimate of drug-likeness (QED) is 0.472. The number of ether oxygens (including phenoxy) is 2. The van der Waals surface area contributed by atoms with Crippen molar-refractivity contribution in [3.05, 3.63) is 11.0 Å². The topological polar surface area (TPSA) is 115 Å². The number of fused-ring (bicyclic) bond motifs is 1. The van der Waals surface area contributed by atoms with Gasteiger partial charge in [0.25, 0.3) is 0 Å². The number of hydrazine groups is 1. The van der Waals surface area contributed by atoms with Gasteiger partial charge in [-0.15, -0.1) is 0 Å². The molecule has 0 aliphatic carbocycles. The monoisotopic (exact) mass is 489 g/mol. The van der Waals surface area contributed by atoms with Crippen molar-refractivity contribution in [3.8, 4) is 5.88 Å². The SMILES string of the molecule is COc1nc(Cl)c(F)c2nc(S(C)(=O)=O)nc(N3CCCCCN3C(=O)OC(C)(C)C)c12. The van der Waals surface area contributed by atoms with E-state index in [1.165, 1.54) is 17.1 Å². The summed E-state index contributed by atoms with van der Waals surface area (Å²) in [5.41, 5.74) is -1.14. The maximum Gasteiger partial charge on any atom is 0.429 e. The number of nitrogens with zero attached hydrogens (tertiary/aromatic N) is 5. The van der Waals surface area contributed by atoms with Crippen LogP contribution in [0.3, 0.4) is 0 Å². The maximum absolute atomic E-state index is 14.9. The lowest BCUT2D eigenvalue weighted by Gasteiger charge is -2.35. The second kappa shape index (κ2) is 8.81. The van der Waals surface area contributed by atoms with Gasteiger partial charge in [-0.3, -0.25) is 5.01 Å². The van der Waals surface area contributed by atoms with Crippen molar-refractivity contribution in [2.75, 3.05) is 31.5 Å². The number of methoxy groups -OCH3 is 1. The number of carbonyl (C=O) groups is 1. The number of hydrogen-bond acceptors (Lipinski definition) is 9. The molecule has 1 fully saturated rings. The number of rotatable bonds is 3. The van der Waals surface area contributed by atoms with Crippen LogP contribution < -0.4 is 9.75 Å². The van der Waals surface area contributed by atoms with Gasteiger partial charge in [0.1, 0.15) is 16.5 Å². The third-order valence-corrected chi connectivity index (χ3v) is 5.67. The minimum absolute atomic E-state index is 0.00254. The minimum Gasteiger partial charge on any atom is -0.480 e. The highest BCUT2D eigenvalue weighted by molar-refractivity contribution is 7.90. The van der Waals surface area contributed by atoms with E-state index < -0.39 is 37.7 Å². The normalized spacial score (nSPS) is 15.6. The Morgan fingerprint density at radius 1 is 1.12 bits per heavy atom. The van der Waals surface area contributed by atoms with Crippen LogP contribution in [0.5, 0.6) is 5.88 Å². The lowest BCUT2D eigenvalue weighted by atomic mass is 10.2. The van der Waals surface area contributed by atoms with Crippen molar-refractivity contribution in [1.82, 2.24) is 20.0 Å². The zero-order chi connectivity index (χ0) is 23.8. The second-order valence-electron chi connectivity index (χ2n) is 8.34. The van der Waals surface area contributed by atoms with E-state index in [-0.39, 0.29) is 22.6 Å². The first kappa shape index (κ1) is 24.2. The number of pyridine rings is 1. The molecule has 0 unspecified atom stereocenters. The summed E-state index contributed by atoms with van der Waals surface area (Å²) in [4.78, 5) is 25.0. The molecule has 10 nitrogen and oxygen atoms in total. The van der Waals surface area contributed by atoms with Gasteiger partial charge in [0, 0.05) is 19.3 Å². The zero-order valence-electron chi connectivity index (χ0n) is 18.5. The Hall–Kier alpha value is -2.47. The predicted octanol–water partition coefficient (Wildman–Crippen LogP) is 3.37. The first-order chi connectivity index (χ1) is 14.8. The van der Waals surface area contributed by atoms with Crippen molar-refractivity contribution in [1.29, 1.82) is 0 Å². The fourth-order valence-electron chi connectivity index (χ4n) is 3.24. The van der Waals surface area contributed by atoms with E-state index in [1.54, 1.807) is 20.8 Å². The van der Waals surface area contributed by atoms with Crippen LogP contribution in [0.1, 0.15) is 40.0 Å². The first-order valence-corrected chi connectivity index (χ1v) is 12.2. The van der Waals surface area contributed by atoms with Crippen LogP contribution in [0.15, 0.2) is 5.16 Å². The average molecular weight is 490 g/mol. The Balaban J connectivity index is 2.32. The molecule has 2 aromatic rings. The molecular formula is C19H25ClFN5O5S. The predicted molar refractivity (Wildman–Crippen MR) is 116 cm³/mol. The van der Waals surface area contributed by atoms with Crippen molar-refractivity contribution < 1.29 is 27.1 Å².